The summed E-state index contributed by atoms with van der Waals surface area (Å²) in [5.74, 6) is 1.16. The van der Waals surface area contributed by atoms with Gasteiger partial charge in [0.05, 0.1) is 0 Å². The van der Waals surface area contributed by atoms with Gasteiger partial charge in [-0.3, -0.25) is 14.2 Å². The Morgan fingerprint density at radius 3 is 2.46 bits per heavy atom. The van der Waals surface area contributed by atoms with Gasteiger partial charge in [-0.1, -0.05) is 50.1 Å². The Bertz CT molecular complexity index is 1700. The highest BCUT2D eigenvalue weighted by Gasteiger charge is 2.25. The van der Waals surface area contributed by atoms with Crippen molar-refractivity contribution in [2.75, 3.05) is 11.1 Å². The lowest BCUT2D eigenvalue weighted by Crippen LogP contribution is -2.27. The Morgan fingerprint density at radius 1 is 0.974 bits per heavy atom. The lowest BCUT2D eigenvalue weighted by molar-refractivity contribution is 0.102. The molecule has 1 aliphatic rings. The molecular formula is C31H30N6O2. The van der Waals surface area contributed by atoms with E-state index in [1.807, 2.05) is 59.1 Å². The minimum atomic E-state index is -0.459. The molecule has 3 heterocycles. The van der Waals surface area contributed by atoms with Crippen molar-refractivity contribution in [1.82, 2.24) is 19.2 Å². The summed E-state index contributed by atoms with van der Waals surface area (Å²) in [5, 5.41) is 7.41. The average Bonchev–Trinajstić information content (AvgIpc) is 3.35. The van der Waals surface area contributed by atoms with Gasteiger partial charge in [0.15, 0.2) is 5.82 Å². The van der Waals surface area contributed by atoms with E-state index in [0.29, 0.717) is 23.1 Å². The molecule has 3 aromatic heterocycles. The van der Waals surface area contributed by atoms with Gasteiger partial charge in [-0.25, -0.2) is 9.50 Å². The molecule has 196 valence electrons. The summed E-state index contributed by atoms with van der Waals surface area (Å²) in [6.45, 7) is 2.31. The van der Waals surface area contributed by atoms with E-state index >= 15 is 0 Å². The van der Waals surface area contributed by atoms with Crippen molar-refractivity contribution in [2.24, 2.45) is 5.92 Å². The van der Waals surface area contributed by atoms with E-state index in [0.717, 1.165) is 41.1 Å². The molecule has 1 fully saturated rings. The van der Waals surface area contributed by atoms with E-state index in [9.17, 15) is 9.59 Å². The number of pyridine rings is 1. The van der Waals surface area contributed by atoms with Crippen LogP contribution in [0.2, 0.25) is 0 Å². The Balaban J connectivity index is 1.28. The number of amides is 1. The first-order valence-corrected chi connectivity index (χ1v) is 13.3. The van der Waals surface area contributed by atoms with Crippen LogP contribution in [0.1, 0.15) is 54.6 Å². The number of nitrogens with zero attached hydrogens (tertiary/aromatic N) is 4. The number of carbonyl (C=O) groups excluding carboxylic acids is 1. The molecule has 8 heteroatoms. The quantitative estimate of drug-likeness (QED) is 0.311. The summed E-state index contributed by atoms with van der Waals surface area (Å²) in [6.07, 6.45) is 7.85. The van der Waals surface area contributed by atoms with Crippen LogP contribution in [0.5, 0.6) is 0 Å². The summed E-state index contributed by atoms with van der Waals surface area (Å²) in [5.41, 5.74) is 11.2. The summed E-state index contributed by atoms with van der Waals surface area (Å²) in [7, 11) is 0. The molecule has 8 nitrogen and oxygen atoms in total. The number of fused-ring (bicyclic) bond motifs is 1. The number of nitrogens with two attached hydrogens (primary N) is 1. The van der Waals surface area contributed by atoms with Gasteiger partial charge in [0.1, 0.15) is 17.4 Å². The maximum atomic E-state index is 13.0. The number of benzene rings is 2. The van der Waals surface area contributed by atoms with Crippen LogP contribution in [0.15, 0.2) is 90.1 Å². The first-order valence-electron chi connectivity index (χ1n) is 13.3. The van der Waals surface area contributed by atoms with E-state index in [1.54, 1.807) is 12.3 Å². The second kappa shape index (κ2) is 10.2. The number of nitrogens with one attached hydrogen (secondary N) is 1. The predicted molar refractivity (Wildman–Crippen MR) is 153 cm³/mol. The molecule has 39 heavy (non-hydrogen) atoms. The molecule has 1 aliphatic carbocycles. The van der Waals surface area contributed by atoms with Gasteiger partial charge in [-0.15, -0.1) is 0 Å². The summed E-state index contributed by atoms with van der Waals surface area (Å²) in [4.78, 5) is 30.3. The Morgan fingerprint density at radius 2 is 1.72 bits per heavy atom. The van der Waals surface area contributed by atoms with Crippen LogP contribution in [0, 0.1) is 5.92 Å². The van der Waals surface area contributed by atoms with Gasteiger partial charge in [0, 0.05) is 34.7 Å². The van der Waals surface area contributed by atoms with Crippen LogP contribution in [0.3, 0.4) is 0 Å². The van der Waals surface area contributed by atoms with Crippen molar-refractivity contribution in [3.8, 4) is 16.8 Å². The molecule has 0 saturated heterocycles. The zero-order valence-electron chi connectivity index (χ0n) is 21.7. The summed E-state index contributed by atoms with van der Waals surface area (Å²) >= 11 is 0. The first kappa shape index (κ1) is 24.6. The fourth-order valence-electron chi connectivity index (χ4n) is 5.55. The maximum absolute atomic E-state index is 13.0. The largest absolute Gasteiger partial charge is 0.382 e. The maximum Gasteiger partial charge on any atom is 0.267 e. The van der Waals surface area contributed by atoms with E-state index in [4.69, 9.17) is 5.73 Å². The highest BCUT2D eigenvalue weighted by Crippen LogP contribution is 2.40. The van der Waals surface area contributed by atoms with Crippen LogP contribution >= 0.6 is 0 Å². The van der Waals surface area contributed by atoms with Crippen molar-refractivity contribution in [1.29, 1.82) is 0 Å². The minimum Gasteiger partial charge on any atom is -0.382 e. The van der Waals surface area contributed by atoms with Crippen molar-refractivity contribution in [2.45, 2.75) is 38.5 Å². The van der Waals surface area contributed by atoms with Crippen LogP contribution < -0.4 is 16.6 Å². The van der Waals surface area contributed by atoms with Crippen molar-refractivity contribution in [3.05, 3.63) is 107 Å². The molecule has 5 aromatic rings. The summed E-state index contributed by atoms with van der Waals surface area (Å²) in [6, 6.07) is 22.2. The fraction of sp³-hybridized carbons (Fsp3) is 0.226. The standard InChI is InChI=1S/C31H30N6O2/c1-20-9-11-22(12-10-20)27-18-26(28-29(32)33-19-34-37(27)28)21-13-15-23(16-14-21)35-30(38)25-8-5-17-36(31(25)39)24-6-3-2-4-7-24/h2-8,13-20,22H,9-12H2,1H3,(H,35,38)(H2,32,33,34)/t20-,22-. The van der Waals surface area contributed by atoms with E-state index < -0.39 is 5.91 Å². The van der Waals surface area contributed by atoms with Gasteiger partial charge in [-0.2, -0.15) is 5.10 Å². The molecule has 3 N–H and O–H groups in total. The molecule has 0 aliphatic heterocycles. The Kier molecular flexibility index (Phi) is 6.44. The lowest BCUT2D eigenvalue weighted by atomic mass is 9.81. The van der Waals surface area contributed by atoms with E-state index in [1.165, 1.54) is 29.8 Å². The number of aromatic nitrogens is 4. The molecule has 0 radical (unpaired) electrons. The molecule has 0 unspecified atom stereocenters. The van der Waals surface area contributed by atoms with Crippen LogP contribution in [-0.4, -0.2) is 25.1 Å². The van der Waals surface area contributed by atoms with Gasteiger partial charge < -0.3 is 11.1 Å². The number of hydrogen-bond acceptors (Lipinski definition) is 5. The molecule has 1 amide bonds. The van der Waals surface area contributed by atoms with Crippen LogP contribution in [-0.2, 0) is 0 Å². The average molecular weight is 519 g/mol. The zero-order chi connectivity index (χ0) is 26.9. The number of anilines is 2. The topological polar surface area (TPSA) is 107 Å². The van der Waals surface area contributed by atoms with Gasteiger partial charge in [0.25, 0.3) is 11.5 Å². The third-order valence-corrected chi connectivity index (χ3v) is 7.72. The predicted octanol–water partition coefficient (Wildman–Crippen LogP) is 5.68. The monoisotopic (exact) mass is 518 g/mol. The van der Waals surface area contributed by atoms with E-state index in [2.05, 4.69) is 28.4 Å². The van der Waals surface area contributed by atoms with E-state index in [-0.39, 0.29) is 11.1 Å². The third-order valence-electron chi connectivity index (χ3n) is 7.72. The van der Waals surface area contributed by atoms with Crippen molar-refractivity contribution in [3.63, 3.8) is 0 Å². The second-order valence-corrected chi connectivity index (χ2v) is 10.3. The number of hydrogen-bond donors (Lipinski definition) is 2. The van der Waals surface area contributed by atoms with Crippen LogP contribution in [0.25, 0.3) is 22.3 Å². The fourth-order valence-corrected chi connectivity index (χ4v) is 5.55. The van der Waals surface area contributed by atoms with Crippen LogP contribution in [0.4, 0.5) is 11.5 Å². The number of rotatable bonds is 5. The molecule has 0 spiro atoms. The summed E-state index contributed by atoms with van der Waals surface area (Å²) < 4.78 is 3.41. The molecule has 1 saturated carbocycles. The molecule has 6 rings (SSSR count). The van der Waals surface area contributed by atoms with Gasteiger partial charge in [-0.05, 0) is 66.8 Å². The molecule has 0 bridgehead atoms. The number of nitrogen functional groups attached to an aromatic ring is 1. The Hall–Kier alpha value is -4.72. The smallest absolute Gasteiger partial charge is 0.267 e. The normalized spacial score (nSPS) is 17.3. The minimum absolute atomic E-state index is 0.0697. The van der Waals surface area contributed by atoms with Gasteiger partial charge >= 0.3 is 0 Å². The highest BCUT2D eigenvalue weighted by atomic mass is 16.2. The highest BCUT2D eigenvalue weighted by molar-refractivity contribution is 6.04. The third kappa shape index (κ3) is 4.69. The SMILES string of the molecule is C[C@H]1CC[C@H](c2cc(-c3ccc(NC(=O)c4cccn(-c5ccccc5)c4=O)cc3)c3c(N)ncnn32)CC1. The number of carbonyl (C=O) groups is 1. The van der Waals surface area contributed by atoms with Gasteiger partial charge in [0.2, 0.25) is 0 Å². The first-order chi connectivity index (χ1) is 19.0. The number of para-hydroxylation sites is 1. The Labute approximate surface area is 226 Å². The molecular weight excluding hydrogens is 488 g/mol. The van der Waals surface area contributed by atoms with Crippen molar-refractivity contribution >= 4 is 22.9 Å². The lowest BCUT2D eigenvalue weighted by Gasteiger charge is -2.25. The zero-order valence-corrected chi connectivity index (χ0v) is 21.7. The second-order valence-electron chi connectivity index (χ2n) is 10.3. The molecule has 0 atom stereocenters. The van der Waals surface area contributed by atoms with Crippen molar-refractivity contribution < 1.29 is 4.79 Å². The molecule has 2 aromatic carbocycles.